The minimum absolute atomic E-state index is 0.0630. The van der Waals surface area contributed by atoms with E-state index in [4.69, 9.17) is 5.73 Å². The largest absolute Gasteiger partial charge is 0.396 e. The lowest BCUT2D eigenvalue weighted by Crippen LogP contribution is -2.09. The Morgan fingerprint density at radius 2 is 1.95 bits per heavy atom. The van der Waals surface area contributed by atoms with Crippen molar-refractivity contribution in [2.45, 2.75) is 44.9 Å². The maximum Gasteiger partial charge on any atom is 0.180 e. The number of rotatable bonds is 8. The van der Waals surface area contributed by atoms with Gasteiger partial charge < -0.3 is 11.1 Å². The van der Waals surface area contributed by atoms with Crippen LogP contribution in [0.4, 0.5) is 10.7 Å². The van der Waals surface area contributed by atoms with Crippen LogP contribution in [-0.4, -0.2) is 27.0 Å². The van der Waals surface area contributed by atoms with Gasteiger partial charge in [0.25, 0.3) is 0 Å². The van der Waals surface area contributed by atoms with E-state index in [-0.39, 0.29) is 22.3 Å². The Bertz CT molecular complexity index is 604. The molecule has 0 aliphatic carbocycles. The van der Waals surface area contributed by atoms with Gasteiger partial charge in [0.2, 0.25) is 0 Å². The fourth-order valence-corrected chi connectivity index (χ4v) is 4.62. The van der Waals surface area contributed by atoms with Gasteiger partial charge >= 0.3 is 0 Å². The molecule has 0 aliphatic rings. The standard InChI is InChI=1S/C14H24N2O3S2/c1-5-6-7-8-16-14-13(21(4,18)19)10(15)12(20-14)11(17)9(2)3/h9,16H,5-8,15H2,1-4H3. The van der Waals surface area contributed by atoms with Crippen LogP contribution in [0.5, 0.6) is 0 Å². The van der Waals surface area contributed by atoms with Gasteiger partial charge in [-0.2, -0.15) is 0 Å². The highest BCUT2D eigenvalue weighted by Gasteiger charge is 2.27. The Hall–Kier alpha value is -1.08. The van der Waals surface area contributed by atoms with Crippen molar-refractivity contribution in [2.75, 3.05) is 23.9 Å². The van der Waals surface area contributed by atoms with E-state index in [1.165, 1.54) is 0 Å². The van der Waals surface area contributed by atoms with Crippen molar-refractivity contribution in [3.63, 3.8) is 0 Å². The molecule has 1 aromatic heterocycles. The molecule has 0 aromatic carbocycles. The van der Waals surface area contributed by atoms with Gasteiger partial charge in [-0.1, -0.05) is 33.6 Å². The van der Waals surface area contributed by atoms with Crippen LogP contribution in [0.2, 0.25) is 0 Å². The van der Waals surface area contributed by atoms with E-state index in [0.29, 0.717) is 16.4 Å². The molecule has 120 valence electrons. The van der Waals surface area contributed by atoms with Crippen molar-refractivity contribution >= 4 is 37.6 Å². The molecule has 0 fully saturated rings. The van der Waals surface area contributed by atoms with Crippen molar-refractivity contribution in [1.82, 2.24) is 0 Å². The van der Waals surface area contributed by atoms with Gasteiger partial charge in [0.1, 0.15) is 9.90 Å². The number of nitrogens with one attached hydrogen (secondary N) is 1. The molecule has 0 aliphatic heterocycles. The molecule has 0 atom stereocenters. The smallest absolute Gasteiger partial charge is 0.180 e. The SMILES string of the molecule is CCCCCNc1sc(C(=O)C(C)C)c(N)c1S(C)(=O)=O. The Morgan fingerprint density at radius 3 is 2.43 bits per heavy atom. The highest BCUT2D eigenvalue weighted by molar-refractivity contribution is 7.91. The first-order valence-electron chi connectivity index (χ1n) is 7.10. The molecule has 1 aromatic rings. The highest BCUT2D eigenvalue weighted by atomic mass is 32.2. The first-order chi connectivity index (χ1) is 9.70. The van der Waals surface area contributed by atoms with Gasteiger partial charge in [-0.25, -0.2) is 8.42 Å². The Morgan fingerprint density at radius 1 is 1.33 bits per heavy atom. The summed E-state index contributed by atoms with van der Waals surface area (Å²) >= 11 is 1.14. The molecule has 1 rings (SSSR count). The zero-order valence-electron chi connectivity index (χ0n) is 13.0. The molecule has 0 radical (unpaired) electrons. The molecule has 21 heavy (non-hydrogen) atoms. The van der Waals surface area contributed by atoms with E-state index in [2.05, 4.69) is 12.2 Å². The third-order valence-electron chi connectivity index (χ3n) is 3.08. The number of ketones is 1. The fraction of sp³-hybridized carbons (Fsp3) is 0.643. The minimum atomic E-state index is -3.47. The van der Waals surface area contributed by atoms with Gasteiger partial charge in [0, 0.05) is 18.7 Å². The van der Waals surface area contributed by atoms with Crippen LogP contribution in [0.25, 0.3) is 0 Å². The molecule has 7 heteroatoms. The number of hydrogen-bond donors (Lipinski definition) is 2. The van der Waals surface area contributed by atoms with Gasteiger partial charge in [0.05, 0.1) is 10.6 Å². The number of carbonyl (C=O) groups excluding carboxylic acids is 1. The van der Waals surface area contributed by atoms with E-state index in [1.807, 2.05) is 0 Å². The number of anilines is 2. The van der Waals surface area contributed by atoms with Gasteiger partial charge in [-0.3, -0.25) is 4.79 Å². The summed E-state index contributed by atoms with van der Waals surface area (Å²) in [6.07, 6.45) is 4.22. The molecule has 0 amide bonds. The number of hydrogen-bond acceptors (Lipinski definition) is 6. The second-order valence-electron chi connectivity index (χ2n) is 5.43. The molecular weight excluding hydrogens is 308 g/mol. The molecule has 5 nitrogen and oxygen atoms in total. The monoisotopic (exact) mass is 332 g/mol. The zero-order valence-corrected chi connectivity index (χ0v) is 14.7. The first-order valence-corrected chi connectivity index (χ1v) is 9.81. The van der Waals surface area contributed by atoms with Crippen LogP contribution in [0.3, 0.4) is 0 Å². The van der Waals surface area contributed by atoms with E-state index >= 15 is 0 Å². The maximum atomic E-state index is 12.1. The molecule has 0 saturated heterocycles. The third kappa shape index (κ3) is 4.44. The predicted octanol–water partition coefficient (Wildman–Crippen LogP) is 3.17. The zero-order chi connectivity index (χ0) is 16.2. The number of nitrogen functional groups attached to an aromatic ring is 1. The summed E-state index contributed by atoms with van der Waals surface area (Å²) in [4.78, 5) is 12.5. The van der Waals surface area contributed by atoms with Gasteiger partial charge in [-0.15, -0.1) is 11.3 Å². The summed E-state index contributed by atoms with van der Waals surface area (Å²) in [7, 11) is -3.47. The van der Waals surface area contributed by atoms with Crippen LogP contribution in [-0.2, 0) is 9.84 Å². The van der Waals surface area contributed by atoms with E-state index in [1.54, 1.807) is 13.8 Å². The molecule has 3 N–H and O–H groups in total. The van der Waals surface area contributed by atoms with E-state index in [9.17, 15) is 13.2 Å². The molecule has 1 heterocycles. The number of carbonyl (C=O) groups is 1. The number of Topliss-reactive ketones (excluding diaryl/α,β-unsaturated/α-hetero) is 1. The second-order valence-corrected chi connectivity index (χ2v) is 8.40. The van der Waals surface area contributed by atoms with Crippen LogP contribution < -0.4 is 11.1 Å². The molecule has 0 unspecified atom stereocenters. The molecule has 0 bridgehead atoms. The van der Waals surface area contributed by atoms with E-state index in [0.717, 1.165) is 36.9 Å². The molecular formula is C14H24N2O3S2. The third-order valence-corrected chi connectivity index (χ3v) is 5.56. The number of unbranched alkanes of at least 4 members (excludes halogenated alkanes) is 2. The summed E-state index contributed by atoms with van der Waals surface area (Å²) in [5.74, 6) is -0.338. The highest BCUT2D eigenvalue weighted by Crippen LogP contribution is 2.40. The first kappa shape index (κ1) is 18.0. The van der Waals surface area contributed by atoms with Crippen LogP contribution in [0, 0.1) is 5.92 Å². The van der Waals surface area contributed by atoms with Crippen LogP contribution >= 0.6 is 11.3 Å². The topological polar surface area (TPSA) is 89.3 Å². The Balaban J connectivity index is 3.17. The minimum Gasteiger partial charge on any atom is -0.396 e. The van der Waals surface area contributed by atoms with E-state index < -0.39 is 9.84 Å². The summed E-state index contributed by atoms with van der Waals surface area (Å²) in [5.41, 5.74) is 6.01. The number of thiophene rings is 1. The maximum absolute atomic E-state index is 12.1. The summed E-state index contributed by atoms with van der Waals surface area (Å²) in [6, 6.07) is 0. The summed E-state index contributed by atoms with van der Waals surface area (Å²) in [6.45, 7) is 6.32. The Labute approximate surface area is 130 Å². The summed E-state index contributed by atoms with van der Waals surface area (Å²) < 4.78 is 23.9. The van der Waals surface area contributed by atoms with Crippen LogP contribution in [0.1, 0.15) is 49.7 Å². The lowest BCUT2D eigenvalue weighted by Gasteiger charge is -2.06. The quantitative estimate of drug-likeness (QED) is 0.564. The van der Waals surface area contributed by atoms with Crippen molar-refractivity contribution < 1.29 is 13.2 Å². The van der Waals surface area contributed by atoms with Crippen molar-refractivity contribution in [2.24, 2.45) is 5.92 Å². The number of sulfone groups is 1. The lowest BCUT2D eigenvalue weighted by atomic mass is 10.1. The normalized spacial score (nSPS) is 11.9. The van der Waals surface area contributed by atoms with Crippen molar-refractivity contribution in [3.8, 4) is 0 Å². The van der Waals surface area contributed by atoms with Crippen molar-refractivity contribution in [3.05, 3.63) is 4.88 Å². The molecule has 0 spiro atoms. The number of nitrogens with two attached hydrogens (primary N) is 1. The lowest BCUT2D eigenvalue weighted by molar-refractivity contribution is 0.0944. The second kappa shape index (κ2) is 7.26. The van der Waals surface area contributed by atoms with Gasteiger partial charge in [-0.05, 0) is 6.42 Å². The molecule has 0 saturated carbocycles. The van der Waals surface area contributed by atoms with Crippen molar-refractivity contribution in [1.29, 1.82) is 0 Å². The average Bonchev–Trinajstić information content (AvgIpc) is 2.70. The fourth-order valence-electron chi connectivity index (χ4n) is 1.94. The Kier molecular flexibility index (Phi) is 6.22. The van der Waals surface area contributed by atoms with Crippen LogP contribution in [0.15, 0.2) is 4.90 Å². The van der Waals surface area contributed by atoms with Gasteiger partial charge in [0.15, 0.2) is 15.6 Å². The summed E-state index contributed by atoms with van der Waals surface area (Å²) in [5, 5.41) is 3.60. The predicted molar refractivity (Wildman–Crippen MR) is 89.0 cm³/mol. The average molecular weight is 332 g/mol.